The van der Waals surface area contributed by atoms with Gasteiger partial charge in [-0.3, -0.25) is 9.89 Å². The predicted molar refractivity (Wildman–Crippen MR) is 68.4 cm³/mol. The second-order valence-electron chi connectivity index (χ2n) is 5.53. The van der Waals surface area contributed by atoms with Crippen molar-refractivity contribution in [3.8, 4) is 0 Å². The van der Waals surface area contributed by atoms with Gasteiger partial charge < -0.3 is 10.1 Å². The minimum absolute atomic E-state index is 0.268. The molecule has 1 rings (SSSR count). The maximum Gasteiger partial charge on any atom is 0.410 e. The molecule has 0 radical (unpaired) electrons. The molecule has 0 aliphatic carbocycles. The maximum absolute atomic E-state index is 11.9. The van der Waals surface area contributed by atoms with E-state index in [0.29, 0.717) is 25.7 Å². The summed E-state index contributed by atoms with van der Waals surface area (Å²) >= 11 is 0. The molecule has 98 valence electrons. The van der Waals surface area contributed by atoms with Crippen LogP contribution in [0.1, 0.15) is 34.6 Å². The Hall–Kier alpha value is -1.26. The molecule has 5 heteroatoms. The lowest BCUT2D eigenvalue weighted by Gasteiger charge is -2.30. The van der Waals surface area contributed by atoms with Gasteiger partial charge in [0.05, 0.1) is 13.1 Å². The minimum atomic E-state index is -0.447. The van der Waals surface area contributed by atoms with Gasteiger partial charge in [0.25, 0.3) is 0 Å². The molecule has 1 amide bonds. The van der Waals surface area contributed by atoms with Crippen molar-refractivity contribution >= 4 is 11.9 Å². The molecular weight excluding hydrogens is 218 g/mol. The Bertz CT molecular complexity index is 305. The van der Waals surface area contributed by atoms with Crippen LogP contribution in [0.3, 0.4) is 0 Å². The summed E-state index contributed by atoms with van der Waals surface area (Å²) in [6.07, 6.45) is -0.268. The summed E-state index contributed by atoms with van der Waals surface area (Å²) < 4.78 is 5.33. The highest BCUT2D eigenvalue weighted by Gasteiger charge is 2.24. The van der Waals surface area contributed by atoms with E-state index in [0.717, 1.165) is 5.84 Å². The summed E-state index contributed by atoms with van der Waals surface area (Å²) in [6.45, 7) is 11.5. The number of hydrogen-bond acceptors (Lipinski definition) is 4. The van der Waals surface area contributed by atoms with Crippen molar-refractivity contribution in [3.05, 3.63) is 0 Å². The zero-order chi connectivity index (χ0) is 13.1. The zero-order valence-electron chi connectivity index (χ0n) is 11.4. The van der Waals surface area contributed by atoms with Crippen molar-refractivity contribution in [1.82, 2.24) is 10.2 Å². The molecule has 0 aromatic rings. The van der Waals surface area contributed by atoms with Gasteiger partial charge >= 0.3 is 6.09 Å². The van der Waals surface area contributed by atoms with Gasteiger partial charge in [0, 0.05) is 12.6 Å². The summed E-state index contributed by atoms with van der Waals surface area (Å²) in [5, 5.41) is 3.23. The van der Waals surface area contributed by atoms with Crippen molar-refractivity contribution in [3.63, 3.8) is 0 Å². The van der Waals surface area contributed by atoms with Crippen LogP contribution in [0.25, 0.3) is 0 Å². The van der Waals surface area contributed by atoms with E-state index in [1.54, 1.807) is 4.90 Å². The number of rotatable bonds is 1. The fraction of sp³-hybridized carbons (Fsp3) is 0.833. The van der Waals surface area contributed by atoms with Gasteiger partial charge in [-0.1, -0.05) is 0 Å². The third-order valence-electron chi connectivity index (χ3n) is 2.12. The van der Waals surface area contributed by atoms with Crippen molar-refractivity contribution < 1.29 is 9.53 Å². The molecule has 1 N–H and O–H groups in total. The van der Waals surface area contributed by atoms with E-state index in [2.05, 4.69) is 24.2 Å². The first kappa shape index (κ1) is 13.8. The molecule has 0 unspecified atom stereocenters. The average molecular weight is 241 g/mol. The Morgan fingerprint density at radius 1 is 1.47 bits per heavy atom. The number of aliphatic imine (C=N–C) groups is 1. The van der Waals surface area contributed by atoms with E-state index < -0.39 is 5.60 Å². The van der Waals surface area contributed by atoms with Crippen LogP contribution in [0.2, 0.25) is 0 Å². The smallest absolute Gasteiger partial charge is 0.410 e. The van der Waals surface area contributed by atoms with Crippen LogP contribution in [-0.4, -0.2) is 48.1 Å². The SMILES string of the molecule is CC(C)NC1=NCCN(C(=O)OC(C)(C)C)C1. The van der Waals surface area contributed by atoms with Gasteiger partial charge in [0.1, 0.15) is 11.4 Å². The molecule has 0 saturated heterocycles. The Labute approximate surface area is 103 Å². The second-order valence-corrected chi connectivity index (χ2v) is 5.53. The van der Waals surface area contributed by atoms with E-state index in [1.165, 1.54) is 0 Å². The highest BCUT2D eigenvalue weighted by Crippen LogP contribution is 2.10. The van der Waals surface area contributed by atoms with Crippen LogP contribution >= 0.6 is 0 Å². The van der Waals surface area contributed by atoms with Gasteiger partial charge in [-0.25, -0.2) is 4.79 Å². The quantitative estimate of drug-likeness (QED) is 0.759. The number of nitrogens with one attached hydrogen (secondary N) is 1. The number of carbonyl (C=O) groups is 1. The van der Waals surface area contributed by atoms with E-state index >= 15 is 0 Å². The zero-order valence-corrected chi connectivity index (χ0v) is 11.4. The first-order chi connectivity index (χ1) is 7.78. The number of ether oxygens (including phenoxy) is 1. The lowest BCUT2D eigenvalue weighted by atomic mass is 10.2. The summed E-state index contributed by atoms with van der Waals surface area (Å²) in [6, 6.07) is 0.326. The van der Waals surface area contributed by atoms with Gasteiger partial charge in [-0.05, 0) is 34.6 Å². The lowest BCUT2D eigenvalue weighted by Crippen LogP contribution is -2.48. The summed E-state index contributed by atoms with van der Waals surface area (Å²) in [5.74, 6) is 0.858. The molecule has 5 nitrogen and oxygen atoms in total. The van der Waals surface area contributed by atoms with Crippen molar-refractivity contribution in [2.24, 2.45) is 4.99 Å². The Balaban J connectivity index is 2.52. The molecule has 0 saturated carbocycles. The normalized spacial score (nSPS) is 16.8. The first-order valence-corrected chi connectivity index (χ1v) is 6.06. The Kier molecular flexibility index (Phi) is 4.37. The Morgan fingerprint density at radius 2 is 2.12 bits per heavy atom. The van der Waals surface area contributed by atoms with Gasteiger partial charge in [0.15, 0.2) is 0 Å². The van der Waals surface area contributed by atoms with Crippen molar-refractivity contribution in [1.29, 1.82) is 0 Å². The fourth-order valence-corrected chi connectivity index (χ4v) is 1.52. The number of amides is 1. The van der Waals surface area contributed by atoms with Crippen LogP contribution in [-0.2, 0) is 4.74 Å². The third-order valence-corrected chi connectivity index (χ3v) is 2.12. The third kappa shape index (κ3) is 5.06. The summed E-state index contributed by atoms with van der Waals surface area (Å²) in [5.41, 5.74) is -0.447. The largest absolute Gasteiger partial charge is 0.444 e. The predicted octanol–water partition coefficient (Wildman–Crippen LogP) is 1.63. The molecule has 1 aliphatic rings. The highest BCUT2D eigenvalue weighted by atomic mass is 16.6. The standard InChI is InChI=1S/C12H23N3O2/c1-9(2)14-10-8-15(7-6-13-10)11(16)17-12(3,4)5/h9H,6-8H2,1-5H3,(H,13,14). The van der Waals surface area contributed by atoms with Crippen LogP contribution in [0.5, 0.6) is 0 Å². The van der Waals surface area contributed by atoms with Gasteiger partial charge in [0.2, 0.25) is 0 Å². The van der Waals surface area contributed by atoms with Crippen molar-refractivity contribution in [2.75, 3.05) is 19.6 Å². The lowest BCUT2D eigenvalue weighted by molar-refractivity contribution is 0.0276. The number of hydrogen-bond donors (Lipinski definition) is 1. The van der Waals surface area contributed by atoms with E-state index in [-0.39, 0.29) is 6.09 Å². The molecule has 0 spiro atoms. The summed E-state index contributed by atoms with van der Waals surface area (Å²) in [7, 11) is 0. The molecule has 1 heterocycles. The van der Waals surface area contributed by atoms with Crippen LogP contribution in [0, 0.1) is 0 Å². The monoisotopic (exact) mass is 241 g/mol. The fourth-order valence-electron chi connectivity index (χ4n) is 1.52. The Morgan fingerprint density at radius 3 is 2.65 bits per heavy atom. The van der Waals surface area contributed by atoms with Crippen LogP contribution < -0.4 is 5.32 Å². The van der Waals surface area contributed by atoms with E-state index in [9.17, 15) is 4.79 Å². The topological polar surface area (TPSA) is 53.9 Å². The van der Waals surface area contributed by atoms with Gasteiger partial charge in [-0.15, -0.1) is 0 Å². The maximum atomic E-state index is 11.9. The van der Waals surface area contributed by atoms with E-state index in [1.807, 2.05) is 20.8 Å². The number of amidine groups is 1. The molecule has 0 aromatic carbocycles. The number of nitrogens with zero attached hydrogens (tertiary/aromatic N) is 2. The molecular formula is C12H23N3O2. The van der Waals surface area contributed by atoms with E-state index in [4.69, 9.17) is 4.74 Å². The highest BCUT2D eigenvalue weighted by molar-refractivity contribution is 5.88. The molecule has 0 atom stereocenters. The number of carbonyl (C=O) groups excluding carboxylic acids is 1. The first-order valence-electron chi connectivity index (χ1n) is 6.06. The van der Waals surface area contributed by atoms with Crippen LogP contribution in [0.4, 0.5) is 4.79 Å². The molecule has 0 fully saturated rings. The summed E-state index contributed by atoms with van der Waals surface area (Å²) in [4.78, 5) is 17.9. The molecule has 17 heavy (non-hydrogen) atoms. The minimum Gasteiger partial charge on any atom is -0.444 e. The molecule has 0 bridgehead atoms. The van der Waals surface area contributed by atoms with Crippen LogP contribution in [0.15, 0.2) is 4.99 Å². The molecule has 1 aliphatic heterocycles. The second kappa shape index (κ2) is 5.38. The average Bonchev–Trinajstić information content (AvgIpc) is 2.14. The molecule has 0 aromatic heterocycles. The van der Waals surface area contributed by atoms with Crippen molar-refractivity contribution in [2.45, 2.75) is 46.3 Å². The van der Waals surface area contributed by atoms with Gasteiger partial charge in [-0.2, -0.15) is 0 Å².